The standard InChI is InChI=1S/C10H10O3/c1-3-9(12)13-10(2)6-4-8(11)5-7-10/h3-7H,1H2,2H3. The van der Waals surface area contributed by atoms with Gasteiger partial charge in [-0.05, 0) is 31.2 Å². The predicted molar refractivity (Wildman–Crippen MR) is 48.0 cm³/mol. The van der Waals surface area contributed by atoms with Crippen molar-refractivity contribution in [1.29, 1.82) is 0 Å². The summed E-state index contributed by atoms with van der Waals surface area (Å²) in [6.07, 6.45) is 6.91. The van der Waals surface area contributed by atoms with Crippen molar-refractivity contribution in [2.75, 3.05) is 0 Å². The molecule has 0 aromatic carbocycles. The Balaban J connectivity index is 2.73. The Morgan fingerprint density at radius 1 is 1.54 bits per heavy atom. The molecule has 3 nitrogen and oxygen atoms in total. The van der Waals surface area contributed by atoms with E-state index in [1.165, 1.54) is 24.3 Å². The van der Waals surface area contributed by atoms with Gasteiger partial charge in [-0.2, -0.15) is 0 Å². The maximum atomic E-state index is 10.9. The van der Waals surface area contributed by atoms with Crippen LogP contribution in [0.4, 0.5) is 0 Å². The van der Waals surface area contributed by atoms with Gasteiger partial charge in [0, 0.05) is 6.08 Å². The normalized spacial score (nSPS) is 18.4. The fourth-order valence-electron chi connectivity index (χ4n) is 0.933. The van der Waals surface area contributed by atoms with Crippen LogP contribution >= 0.6 is 0 Å². The molecule has 0 aromatic rings. The third-order valence-corrected chi connectivity index (χ3v) is 1.64. The lowest BCUT2D eigenvalue weighted by atomic mass is 10.00. The summed E-state index contributed by atoms with van der Waals surface area (Å²) in [4.78, 5) is 21.6. The van der Waals surface area contributed by atoms with Crippen LogP contribution in [0.15, 0.2) is 37.0 Å². The Morgan fingerprint density at radius 3 is 2.54 bits per heavy atom. The molecule has 0 amide bonds. The molecule has 0 spiro atoms. The van der Waals surface area contributed by atoms with Gasteiger partial charge in [-0.1, -0.05) is 6.58 Å². The highest BCUT2D eigenvalue weighted by atomic mass is 16.6. The summed E-state index contributed by atoms with van der Waals surface area (Å²) in [6.45, 7) is 4.97. The van der Waals surface area contributed by atoms with Crippen molar-refractivity contribution in [1.82, 2.24) is 0 Å². The van der Waals surface area contributed by atoms with Crippen LogP contribution in [-0.2, 0) is 14.3 Å². The molecule has 0 unspecified atom stereocenters. The molecule has 1 aliphatic rings. The van der Waals surface area contributed by atoms with Gasteiger partial charge in [-0.3, -0.25) is 4.79 Å². The predicted octanol–water partition coefficient (Wildman–Crippen LogP) is 1.17. The van der Waals surface area contributed by atoms with Crippen LogP contribution in [0.25, 0.3) is 0 Å². The third-order valence-electron chi connectivity index (χ3n) is 1.64. The van der Waals surface area contributed by atoms with Crippen molar-refractivity contribution < 1.29 is 14.3 Å². The van der Waals surface area contributed by atoms with E-state index in [2.05, 4.69) is 6.58 Å². The SMILES string of the molecule is C=CC(=O)OC1(C)C=CC(=O)C=C1. The van der Waals surface area contributed by atoms with Crippen molar-refractivity contribution >= 4 is 11.8 Å². The molecule has 0 aromatic heterocycles. The highest BCUT2D eigenvalue weighted by molar-refractivity contribution is 6.00. The minimum atomic E-state index is -0.820. The number of ether oxygens (including phenoxy) is 1. The zero-order valence-corrected chi connectivity index (χ0v) is 7.32. The summed E-state index contributed by atoms with van der Waals surface area (Å²) >= 11 is 0. The third kappa shape index (κ3) is 2.40. The first-order valence-electron chi connectivity index (χ1n) is 3.83. The van der Waals surface area contributed by atoms with Crippen molar-refractivity contribution in [2.24, 2.45) is 0 Å². The van der Waals surface area contributed by atoms with Gasteiger partial charge >= 0.3 is 5.97 Å². The van der Waals surface area contributed by atoms with Gasteiger partial charge in [0.15, 0.2) is 5.78 Å². The molecule has 3 heteroatoms. The number of esters is 1. The highest BCUT2D eigenvalue weighted by Gasteiger charge is 2.23. The van der Waals surface area contributed by atoms with Crippen LogP contribution in [0.2, 0.25) is 0 Å². The maximum absolute atomic E-state index is 10.9. The van der Waals surface area contributed by atoms with E-state index in [4.69, 9.17) is 4.74 Å². The second-order valence-corrected chi connectivity index (χ2v) is 2.88. The fourth-order valence-corrected chi connectivity index (χ4v) is 0.933. The van der Waals surface area contributed by atoms with E-state index in [-0.39, 0.29) is 5.78 Å². The van der Waals surface area contributed by atoms with E-state index in [9.17, 15) is 9.59 Å². The Bertz CT molecular complexity index is 294. The summed E-state index contributed by atoms with van der Waals surface area (Å²) in [5, 5.41) is 0. The summed E-state index contributed by atoms with van der Waals surface area (Å²) in [5.74, 6) is -0.613. The zero-order chi connectivity index (χ0) is 9.90. The lowest BCUT2D eigenvalue weighted by molar-refractivity contribution is -0.144. The summed E-state index contributed by atoms with van der Waals surface area (Å²) in [6, 6.07) is 0. The Morgan fingerprint density at radius 2 is 2.08 bits per heavy atom. The molecule has 0 saturated heterocycles. The van der Waals surface area contributed by atoms with E-state index >= 15 is 0 Å². The number of hydrogen-bond acceptors (Lipinski definition) is 3. The molecule has 0 saturated carbocycles. The molecule has 0 aliphatic heterocycles. The molecule has 1 rings (SSSR count). The van der Waals surface area contributed by atoms with Crippen molar-refractivity contribution in [3.63, 3.8) is 0 Å². The largest absolute Gasteiger partial charge is 0.448 e. The second-order valence-electron chi connectivity index (χ2n) is 2.88. The van der Waals surface area contributed by atoms with Gasteiger partial charge in [0.1, 0.15) is 5.60 Å². The number of allylic oxidation sites excluding steroid dienone is 2. The van der Waals surface area contributed by atoms with Gasteiger partial charge in [0.2, 0.25) is 0 Å². The number of rotatable bonds is 2. The minimum Gasteiger partial charge on any atom is -0.448 e. The van der Waals surface area contributed by atoms with Crippen molar-refractivity contribution in [3.8, 4) is 0 Å². The molecule has 13 heavy (non-hydrogen) atoms. The molecular weight excluding hydrogens is 168 g/mol. The molecule has 1 aliphatic carbocycles. The number of ketones is 1. The monoisotopic (exact) mass is 178 g/mol. The minimum absolute atomic E-state index is 0.105. The van der Waals surface area contributed by atoms with Crippen molar-refractivity contribution in [3.05, 3.63) is 37.0 Å². The summed E-state index contributed by atoms with van der Waals surface area (Å²) < 4.78 is 4.99. The van der Waals surface area contributed by atoms with E-state index in [1.807, 2.05) is 0 Å². The van der Waals surface area contributed by atoms with Crippen LogP contribution in [0.3, 0.4) is 0 Å². The topological polar surface area (TPSA) is 43.4 Å². The first-order valence-corrected chi connectivity index (χ1v) is 3.83. The van der Waals surface area contributed by atoms with Gasteiger partial charge in [-0.25, -0.2) is 4.79 Å². The van der Waals surface area contributed by atoms with Gasteiger partial charge in [-0.15, -0.1) is 0 Å². The summed E-state index contributed by atoms with van der Waals surface area (Å²) in [7, 11) is 0. The lowest BCUT2D eigenvalue weighted by Gasteiger charge is -2.23. The summed E-state index contributed by atoms with van der Waals surface area (Å²) in [5.41, 5.74) is -0.820. The maximum Gasteiger partial charge on any atom is 0.331 e. The molecule has 0 heterocycles. The average Bonchev–Trinajstić information content (AvgIpc) is 2.10. The second kappa shape index (κ2) is 3.39. The van der Waals surface area contributed by atoms with Gasteiger partial charge in [0.25, 0.3) is 0 Å². The number of carbonyl (C=O) groups excluding carboxylic acids is 2. The molecule has 0 atom stereocenters. The first kappa shape index (κ1) is 9.45. The van der Waals surface area contributed by atoms with Gasteiger partial charge < -0.3 is 4.74 Å². The average molecular weight is 178 g/mol. The van der Waals surface area contributed by atoms with Crippen LogP contribution in [-0.4, -0.2) is 17.4 Å². The zero-order valence-electron chi connectivity index (χ0n) is 7.32. The molecule has 68 valence electrons. The van der Waals surface area contributed by atoms with E-state index < -0.39 is 11.6 Å². The quantitative estimate of drug-likeness (QED) is 0.471. The van der Waals surface area contributed by atoms with Crippen LogP contribution in [0, 0.1) is 0 Å². The first-order chi connectivity index (χ1) is 6.06. The Hall–Kier alpha value is -1.64. The Kier molecular flexibility index (Phi) is 2.46. The molecule has 0 N–H and O–H groups in total. The molecule has 0 radical (unpaired) electrons. The van der Waals surface area contributed by atoms with Crippen molar-refractivity contribution in [2.45, 2.75) is 12.5 Å². The highest BCUT2D eigenvalue weighted by Crippen LogP contribution is 2.18. The van der Waals surface area contributed by atoms with E-state index in [0.717, 1.165) is 6.08 Å². The lowest BCUT2D eigenvalue weighted by Crippen LogP contribution is -2.28. The van der Waals surface area contributed by atoms with Crippen LogP contribution in [0.5, 0.6) is 0 Å². The molecular formula is C10H10O3. The number of carbonyl (C=O) groups is 2. The van der Waals surface area contributed by atoms with Gasteiger partial charge in [0.05, 0.1) is 0 Å². The van der Waals surface area contributed by atoms with E-state index in [1.54, 1.807) is 6.92 Å². The Labute approximate surface area is 76.4 Å². The molecule has 0 bridgehead atoms. The fraction of sp³-hybridized carbons (Fsp3) is 0.200. The van der Waals surface area contributed by atoms with Crippen LogP contribution in [0.1, 0.15) is 6.92 Å². The van der Waals surface area contributed by atoms with E-state index in [0.29, 0.717) is 0 Å². The smallest absolute Gasteiger partial charge is 0.331 e. The molecule has 0 fully saturated rings. The number of hydrogen-bond donors (Lipinski definition) is 0. The van der Waals surface area contributed by atoms with Crippen LogP contribution < -0.4 is 0 Å².